The van der Waals surface area contributed by atoms with Crippen LogP contribution < -0.4 is 10.1 Å². The number of nitrogens with one attached hydrogen (secondary N) is 1. The van der Waals surface area contributed by atoms with Crippen molar-refractivity contribution in [3.8, 4) is 11.8 Å². The number of nitriles is 1. The molecule has 21 heavy (non-hydrogen) atoms. The van der Waals surface area contributed by atoms with Crippen LogP contribution in [0.4, 0.5) is 5.69 Å². The number of nitrogens with zero attached hydrogens (tertiary/aromatic N) is 1. The maximum atomic E-state index is 11.8. The molecule has 0 aliphatic carbocycles. The number of carbonyl (C=O) groups is 1. The predicted molar refractivity (Wildman–Crippen MR) is 84.0 cm³/mol. The lowest BCUT2D eigenvalue weighted by Crippen LogP contribution is -2.16. The summed E-state index contributed by atoms with van der Waals surface area (Å²) >= 11 is 3.37. The molecule has 0 saturated carbocycles. The summed E-state index contributed by atoms with van der Waals surface area (Å²) < 4.78 is 6.38. The van der Waals surface area contributed by atoms with Crippen molar-refractivity contribution in [3.63, 3.8) is 0 Å². The largest absolute Gasteiger partial charge is 0.492 e. The summed E-state index contributed by atoms with van der Waals surface area (Å²) in [5.41, 5.74) is 0.962. The molecular formula is C16H13BrN2O2. The molecule has 2 aromatic carbocycles. The van der Waals surface area contributed by atoms with Crippen LogP contribution in [0.25, 0.3) is 0 Å². The second kappa shape index (κ2) is 7.46. The average molecular weight is 345 g/mol. The Morgan fingerprint density at radius 2 is 1.90 bits per heavy atom. The van der Waals surface area contributed by atoms with Gasteiger partial charge in [0.05, 0.1) is 28.8 Å². The van der Waals surface area contributed by atoms with E-state index >= 15 is 0 Å². The minimum atomic E-state index is -0.190. The first-order chi connectivity index (χ1) is 10.2. The smallest absolute Gasteiger partial charge is 0.227 e. The van der Waals surface area contributed by atoms with Gasteiger partial charge in [0.2, 0.25) is 5.91 Å². The number of ether oxygens (including phenoxy) is 1. The highest BCUT2D eigenvalue weighted by Crippen LogP contribution is 2.23. The summed E-state index contributed by atoms with van der Waals surface area (Å²) in [4.78, 5) is 11.8. The Labute approximate surface area is 131 Å². The molecule has 0 saturated heterocycles. The van der Waals surface area contributed by atoms with E-state index in [4.69, 9.17) is 10.00 Å². The Balaban J connectivity index is 1.86. The third-order valence-electron chi connectivity index (χ3n) is 2.74. The Morgan fingerprint density at radius 1 is 1.19 bits per heavy atom. The van der Waals surface area contributed by atoms with E-state index in [0.29, 0.717) is 17.0 Å². The molecule has 0 spiro atoms. The molecule has 0 radical (unpaired) electrons. The van der Waals surface area contributed by atoms with Crippen LogP contribution in [-0.4, -0.2) is 12.5 Å². The number of amides is 1. The third kappa shape index (κ3) is 4.33. The number of benzene rings is 2. The second-order valence-corrected chi connectivity index (χ2v) is 5.09. The van der Waals surface area contributed by atoms with Crippen molar-refractivity contribution < 1.29 is 9.53 Å². The highest BCUT2D eigenvalue weighted by Gasteiger charge is 2.07. The lowest BCUT2D eigenvalue weighted by molar-refractivity contribution is -0.116. The number of anilines is 1. The molecular weight excluding hydrogens is 332 g/mol. The van der Waals surface area contributed by atoms with Gasteiger partial charge < -0.3 is 10.1 Å². The van der Waals surface area contributed by atoms with E-state index in [1.165, 1.54) is 0 Å². The zero-order valence-corrected chi connectivity index (χ0v) is 12.8. The van der Waals surface area contributed by atoms with Crippen LogP contribution in [0.2, 0.25) is 0 Å². The van der Waals surface area contributed by atoms with Crippen molar-refractivity contribution in [1.82, 2.24) is 0 Å². The summed E-state index contributed by atoms with van der Waals surface area (Å²) in [6.07, 6.45) is 0.209. The number of carbonyl (C=O) groups excluding carboxylic acids is 1. The number of hydrogen-bond acceptors (Lipinski definition) is 3. The van der Waals surface area contributed by atoms with Gasteiger partial charge in [-0.3, -0.25) is 4.79 Å². The summed E-state index contributed by atoms with van der Waals surface area (Å²) in [6.45, 7) is 0.267. The molecule has 0 aliphatic heterocycles. The fourth-order valence-corrected chi connectivity index (χ4v) is 2.12. The van der Waals surface area contributed by atoms with Gasteiger partial charge in [-0.05, 0) is 40.2 Å². The van der Waals surface area contributed by atoms with E-state index in [-0.39, 0.29) is 18.9 Å². The van der Waals surface area contributed by atoms with E-state index in [9.17, 15) is 4.79 Å². The summed E-state index contributed by atoms with van der Waals surface area (Å²) in [5.74, 6) is 0.507. The Bertz CT molecular complexity index is 680. The molecule has 0 heterocycles. The topological polar surface area (TPSA) is 62.1 Å². The molecule has 0 unspecified atom stereocenters. The molecule has 0 atom stereocenters. The molecule has 2 aromatic rings. The van der Waals surface area contributed by atoms with Gasteiger partial charge in [0.15, 0.2) is 0 Å². The summed E-state index contributed by atoms with van der Waals surface area (Å²) in [6, 6.07) is 16.4. The van der Waals surface area contributed by atoms with Crippen molar-refractivity contribution in [2.45, 2.75) is 6.42 Å². The minimum Gasteiger partial charge on any atom is -0.492 e. The second-order valence-electron chi connectivity index (χ2n) is 4.23. The third-order valence-corrected chi connectivity index (χ3v) is 3.40. The van der Waals surface area contributed by atoms with Crippen LogP contribution in [0.1, 0.15) is 12.0 Å². The highest BCUT2D eigenvalue weighted by molar-refractivity contribution is 9.10. The zero-order valence-electron chi connectivity index (χ0n) is 11.2. The first kappa shape index (κ1) is 15.1. The number of hydrogen-bond donors (Lipinski definition) is 1. The fraction of sp³-hybridized carbons (Fsp3) is 0.125. The van der Waals surface area contributed by atoms with E-state index in [2.05, 4.69) is 21.2 Å². The molecule has 0 aromatic heterocycles. The van der Waals surface area contributed by atoms with Crippen molar-refractivity contribution >= 4 is 27.5 Å². The van der Waals surface area contributed by atoms with Crippen LogP contribution >= 0.6 is 15.9 Å². The molecule has 1 N–H and O–H groups in total. The number of para-hydroxylation sites is 2. The maximum Gasteiger partial charge on any atom is 0.227 e. The van der Waals surface area contributed by atoms with E-state index in [0.717, 1.165) is 4.47 Å². The fourth-order valence-electron chi connectivity index (χ4n) is 1.72. The molecule has 0 fully saturated rings. The SMILES string of the molecule is N#Cc1ccccc1NC(=O)CCOc1ccccc1Br. The van der Waals surface area contributed by atoms with Gasteiger partial charge in [0, 0.05) is 0 Å². The van der Waals surface area contributed by atoms with E-state index < -0.39 is 0 Å². The number of halogens is 1. The molecule has 1 amide bonds. The normalized spacial score (nSPS) is 9.71. The van der Waals surface area contributed by atoms with Gasteiger partial charge in [0.25, 0.3) is 0 Å². The van der Waals surface area contributed by atoms with Gasteiger partial charge in [-0.25, -0.2) is 0 Å². The van der Waals surface area contributed by atoms with Crippen LogP contribution in [0.3, 0.4) is 0 Å². The monoisotopic (exact) mass is 344 g/mol. The molecule has 2 rings (SSSR count). The van der Waals surface area contributed by atoms with Gasteiger partial charge in [-0.15, -0.1) is 0 Å². The Kier molecular flexibility index (Phi) is 5.35. The minimum absolute atomic E-state index is 0.190. The highest BCUT2D eigenvalue weighted by atomic mass is 79.9. The molecule has 0 aliphatic rings. The van der Waals surface area contributed by atoms with Gasteiger partial charge in [-0.1, -0.05) is 24.3 Å². The summed E-state index contributed by atoms with van der Waals surface area (Å²) in [5, 5.41) is 11.7. The van der Waals surface area contributed by atoms with Gasteiger partial charge in [0.1, 0.15) is 11.8 Å². The van der Waals surface area contributed by atoms with Crippen LogP contribution in [-0.2, 0) is 4.79 Å². The average Bonchev–Trinajstić information content (AvgIpc) is 2.50. The lowest BCUT2D eigenvalue weighted by atomic mass is 10.2. The predicted octanol–water partition coefficient (Wildman–Crippen LogP) is 3.73. The maximum absolute atomic E-state index is 11.8. The number of rotatable bonds is 5. The zero-order chi connectivity index (χ0) is 15.1. The first-order valence-corrected chi connectivity index (χ1v) is 7.16. The molecule has 4 nitrogen and oxygen atoms in total. The summed E-state index contributed by atoms with van der Waals surface area (Å²) in [7, 11) is 0. The Morgan fingerprint density at radius 3 is 2.67 bits per heavy atom. The molecule has 0 bridgehead atoms. The van der Waals surface area contributed by atoms with Crippen molar-refractivity contribution in [3.05, 3.63) is 58.6 Å². The van der Waals surface area contributed by atoms with E-state index in [1.807, 2.05) is 30.3 Å². The quantitative estimate of drug-likeness (QED) is 0.898. The van der Waals surface area contributed by atoms with Gasteiger partial charge in [-0.2, -0.15) is 5.26 Å². The standard InChI is InChI=1S/C16H13BrN2O2/c17-13-6-2-4-8-15(13)21-10-9-16(20)19-14-7-3-1-5-12(14)11-18/h1-8H,9-10H2,(H,19,20). The molecule has 5 heteroatoms. The van der Waals surface area contributed by atoms with E-state index in [1.54, 1.807) is 24.3 Å². The van der Waals surface area contributed by atoms with Gasteiger partial charge >= 0.3 is 0 Å². The molecule has 106 valence electrons. The lowest BCUT2D eigenvalue weighted by Gasteiger charge is -2.09. The van der Waals surface area contributed by atoms with Crippen LogP contribution in [0.15, 0.2) is 53.0 Å². The first-order valence-electron chi connectivity index (χ1n) is 6.37. The van der Waals surface area contributed by atoms with Crippen molar-refractivity contribution in [2.75, 3.05) is 11.9 Å². The van der Waals surface area contributed by atoms with Crippen LogP contribution in [0, 0.1) is 11.3 Å². The Hall–Kier alpha value is -2.32. The van der Waals surface area contributed by atoms with Crippen molar-refractivity contribution in [1.29, 1.82) is 5.26 Å². The van der Waals surface area contributed by atoms with Crippen molar-refractivity contribution in [2.24, 2.45) is 0 Å². The van der Waals surface area contributed by atoms with Crippen LogP contribution in [0.5, 0.6) is 5.75 Å².